The second-order valence-electron chi connectivity index (χ2n) is 7.36. The summed E-state index contributed by atoms with van der Waals surface area (Å²) in [4.78, 5) is 38.6. The van der Waals surface area contributed by atoms with Crippen molar-refractivity contribution in [2.24, 2.45) is 0 Å². The minimum absolute atomic E-state index is 0.0673. The van der Waals surface area contributed by atoms with Crippen LogP contribution >= 0.6 is 11.3 Å². The number of nitrogens with one attached hydrogen (secondary N) is 1. The number of nitrogens with zero attached hydrogens (tertiary/aromatic N) is 3. The molecule has 0 radical (unpaired) electrons. The zero-order valence-electron chi connectivity index (χ0n) is 17.4. The fourth-order valence-corrected chi connectivity index (χ4v) is 4.31. The molecular formula is C22H24N4O4S. The summed E-state index contributed by atoms with van der Waals surface area (Å²) >= 11 is 1.45. The van der Waals surface area contributed by atoms with E-state index >= 15 is 0 Å². The third-order valence-corrected chi connectivity index (χ3v) is 6.12. The van der Waals surface area contributed by atoms with Gasteiger partial charge in [-0.05, 0) is 31.9 Å². The summed E-state index contributed by atoms with van der Waals surface area (Å²) in [5.41, 5.74) is 0.402. The molecule has 0 unspecified atom stereocenters. The lowest BCUT2D eigenvalue weighted by atomic mass is 9.95. The van der Waals surface area contributed by atoms with Crippen LogP contribution < -0.4 is 15.0 Å². The van der Waals surface area contributed by atoms with E-state index in [1.165, 1.54) is 17.4 Å². The number of piperidine rings is 1. The van der Waals surface area contributed by atoms with Gasteiger partial charge in [-0.2, -0.15) is 0 Å². The number of benzene rings is 1. The van der Waals surface area contributed by atoms with E-state index in [1.807, 2.05) is 17.5 Å². The number of aromatic amines is 1. The monoisotopic (exact) mass is 440 g/mol. The van der Waals surface area contributed by atoms with Crippen LogP contribution in [0.25, 0.3) is 10.7 Å². The van der Waals surface area contributed by atoms with Crippen LogP contribution in [0.1, 0.15) is 31.5 Å². The second-order valence-corrected chi connectivity index (χ2v) is 8.26. The first kappa shape index (κ1) is 21.0. The van der Waals surface area contributed by atoms with Crippen LogP contribution in [0.2, 0.25) is 0 Å². The molecule has 1 N–H and O–H groups in total. The maximum absolute atomic E-state index is 12.9. The van der Waals surface area contributed by atoms with E-state index in [-0.39, 0.29) is 17.4 Å². The van der Waals surface area contributed by atoms with Crippen LogP contribution in [0.4, 0.5) is 0 Å². The summed E-state index contributed by atoms with van der Waals surface area (Å²) in [7, 11) is 1.57. The highest BCUT2D eigenvalue weighted by atomic mass is 32.1. The van der Waals surface area contributed by atoms with E-state index in [0.717, 1.165) is 17.8 Å². The van der Waals surface area contributed by atoms with E-state index in [0.29, 0.717) is 36.1 Å². The number of ether oxygens (including phenoxy) is 2. The molecule has 1 aliphatic rings. The summed E-state index contributed by atoms with van der Waals surface area (Å²) in [5, 5.41) is 2.58. The first-order chi connectivity index (χ1) is 15.0. The van der Waals surface area contributed by atoms with Gasteiger partial charge in [-0.25, -0.2) is 9.97 Å². The standard InChI is InChI=1S/C22H24N4O4S/c1-14(30-18-6-4-3-5-17(18)29-2)22(28)26-10-7-15(8-11-26)20-24-16(13-19(27)25-20)21-23-9-12-31-21/h3-6,9,12-15H,7-8,10-11H2,1-2H3,(H,24,25,27)/t14-/m0/s1. The second kappa shape index (κ2) is 9.30. The van der Waals surface area contributed by atoms with Crippen molar-refractivity contribution in [1.29, 1.82) is 0 Å². The Bertz CT molecular complexity index is 1090. The molecule has 1 fully saturated rings. The molecule has 1 aromatic carbocycles. The van der Waals surface area contributed by atoms with Gasteiger partial charge >= 0.3 is 0 Å². The third-order valence-electron chi connectivity index (χ3n) is 5.33. The molecule has 0 bridgehead atoms. The minimum atomic E-state index is -0.626. The summed E-state index contributed by atoms with van der Waals surface area (Å²) in [6.07, 6.45) is 2.51. The smallest absolute Gasteiger partial charge is 0.263 e. The Morgan fingerprint density at radius 2 is 2.00 bits per heavy atom. The number of methoxy groups -OCH3 is 1. The number of amides is 1. The number of para-hydroxylation sites is 2. The molecule has 2 aromatic heterocycles. The first-order valence-electron chi connectivity index (χ1n) is 10.1. The molecule has 0 saturated carbocycles. The van der Waals surface area contributed by atoms with Crippen molar-refractivity contribution in [3.63, 3.8) is 0 Å². The minimum Gasteiger partial charge on any atom is -0.493 e. The molecule has 0 spiro atoms. The number of H-pyrrole nitrogens is 1. The molecule has 31 heavy (non-hydrogen) atoms. The van der Waals surface area contributed by atoms with Crippen molar-refractivity contribution in [1.82, 2.24) is 19.9 Å². The Morgan fingerprint density at radius 1 is 1.26 bits per heavy atom. The molecular weight excluding hydrogens is 416 g/mol. The lowest BCUT2D eigenvalue weighted by Crippen LogP contribution is -2.44. The fourth-order valence-electron chi connectivity index (χ4n) is 3.72. The number of carbonyl (C=O) groups is 1. The maximum Gasteiger partial charge on any atom is 0.263 e. The van der Waals surface area contributed by atoms with Crippen molar-refractivity contribution in [3.8, 4) is 22.2 Å². The molecule has 1 saturated heterocycles. The van der Waals surface area contributed by atoms with Crippen LogP contribution in [-0.4, -0.2) is 52.1 Å². The maximum atomic E-state index is 12.9. The highest BCUT2D eigenvalue weighted by Crippen LogP contribution is 2.29. The van der Waals surface area contributed by atoms with Gasteiger partial charge in [0, 0.05) is 36.7 Å². The average molecular weight is 441 g/mol. The number of hydrogen-bond acceptors (Lipinski definition) is 7. The zero-order valence-corrected chi connectivity index (χ0v) is 18.2. The number of hydrogen-bond donors (Lipinski definition) is 1. The van der Waals surface area contributed by atoms with Crippen LogP contribution in [0.5, 0.6) is 11.5 Å². The predicted molar refractivity (Wildman–Crippen MR) is 118 cm³/mol. The molecule has 0 aliphatic carbocycles. The third kappa shape index (κ3) is 4.77. The van der Waals surface area contributed by atoms with Crippen molar-refractivity contribution in [2.45, 2.75) is 31.8 Å². The summed E-state index contributed by atoms with van der Waals surface area (Å²) in [6, 6.07) is 8.74. The van der Waals surface area contributed by atoms with Crippen LogP contribution in [-0.2, 0) is 4.79 Å². The van der Waals surface area contributed by atoms with Crippen molar-refractivity contribution in [3.05, 3.63) is 58.1 Å². The molecule has 162 valence electrons. The van der Waals surface area contributed by atoms with Crippen LogP contribution in [0.15, 0.2) is 46.7 Å². The Labute approximate surface area is 183 Å². The Morgan fingerprint density at radius 3 is 2.68 bits per heavy atom. The highest BCUT2D eigenvalue weighted by Gasteiger charge is 2.29. The quantitative estimate of drug-likeness (QED) is 0.633. The van der Waals surface area contributed by atoms with Crippen molar-refractivity contribution >= 4 is 17.2 Å². The number of aromatic nitrogens is 3. The van der Waals surface area contributed by atoms with Crippen LogP contribution in [0, 0.1) is 0 Å². The van der Waals surface area contributed by atoms with E-state index in [2.05, 4.69) is 15.0 Å². The largest absolute Gasteiger partial charge is 0.493 e. The Kier molecular flexibility index (Phi) is 6.31. The topological polar surface area (TPSA) is 97.4 Å². The van der Waals surface area contributed by atoms with Crippen molar-refractivity contribution < 1.29 is 14.3 Å². The van der Waals surface area contributed by atoms with E-state index < -0.39 is 6.10 Å². The van der Waals surface area contributed by atoms with Gasteiger partial charge in [0.15, 0.2) is 17.6 Å². The molecule has 1 amide bonds. The van der Waals surface area contributed by atoms with Gasteiger partial charge in [0.05, 0.1) is 7.11 Å². The van der Waals surface area contributed by atoms with Gasteiger partial charge in [0.1, 0.15) is 16.5 Å². The fraction of sp³-hybridized carbons (Fsp3) is 0.364. The van der Waals surface area contributed by atoms with Crippen molar-refractivity contribution in [2.75, 3.05) is 20.2 Å². The van der Waals surface area contributed by atoms with Gasteiger partial charge in [0.25, 0.3) is 11.5 Å². The Balaban J connectivity index is 1.39. The highest BCUT2D eigenvalue weighted by molar-refractivity contribution is 7.13. The summed E-state index contributed by atoms with van der Waals surface area (Å²) in [6.45, 7) is 2.90. The summed E-state index contributed by atoms with van der Waals surface area (Å²) < 4.78 is 11.1. The Hall–Kier alpha value is -3.20. The average Bonchev–Trinajstić information content (AvgIpc) is 3.34. The van der Waals surface area contributed by atoms with E-state index in [4.69, 9.17) is 9.47 Å². The van der Waals surface area contributed by atoms with Crippen LogP contribution in [0.3, 0.4) is 0 Å². The lowest BCUT2D eigenvalue weighted by Gasteiger charge is -2.33. The molecule has 3 heterocycles. The van der Waals surface area contributed by atoms with Gasteiger partial charge < -0.3 is 19.4 Å². The van der Waals surface area contributed by atoms with Gasteiger partial charge in [0.2, 0.25) is 0 Å². The number of thiazole rings is 1. The van der Waals surface area contributed by atoms with Gasteiger partial charge in [-0.15, -0.1) is 11.3 Å². The van der Waals surface area contributed by atoms with Gasteiger partial charge in [-0.3, -0.25) is 9.59 Å². The first-order valence-corrected chi connectivity index (χ1v) is 11.0. The molecule has 8 nitrogen and oxygen atoms in total. The van der Waals surface area contributed by atoms with Gasteiger partial charge in [-0.1, -0.05) is 12.1 Å². The molecule has 1 aliphatic heterocycles. The molecule has 3 aromatic rings. The number of carbonyl (C=O) groups excluding carboxylic acids is 1. The zero-order chi connectivity index (χ0) is 21.8. The van der Waals surface area contributed by atoms with E-state index in [1.54, 1.807) is 37.3 Å². The molecule has 1 atom stereocenters. The number of rotatable bonds is 6. The molecule has 4 rings (SSSR count). The lowest BCUT2D eigenvalue weighted by molar-refractivity contribution is -0.139. The summed E-state index contributed by atoms with van der Waals surface area (Å²) in [5.74, 6) is 1.81. The molecule has 9 heteroatoms. The predicted octanol–water partition coefficient (Wildman–Crippen LogP) is 3.08. The number of likely N-dealkylation sites (tertiary alicyclic amines) is 1. The van der Waals surface area contributed by atoms with E-state index in [9.17, 15) is 9.59 Å². The normalized spacial score (nSPS) is 15.5. The SMILES string of the molecule is COc1ccccc1O[C@@H](C)C(=O)N1CCC(c2nc(-c3nccs3)cc(=O)[nH]2)CC1.